The van der Waals surface area contributed by atoms with E-state index in [-0.39, 0.29) is 5.54 Å². The van der Waals surface area contributed by atoms with Crippen LogP contribution in [-0.2, 0) is 12.1 Å². The molecule has 3 nitrogen and oxygen atoms in total. The molecular formula is C16H22ClN3. The quantitative estimate of drug-likeness (QED) is 0.919. The number of aromatic nitrogens is 2. The first-order valence-corrected chi connectivity index (χ1v) is 7.99. The van der Waals surface area contributed by atoms with Crippen molar-refractivity contribution in [3.05, 3.63) is 29.0 Å². The van der Waals surface area contributed by atoms with Crippen LogP contribution in [0.5, 0.6) is 0 Å². The number of hydrogen-bond acceptors (Lipinski definition) is 2. The molecule has 0 saturated carbocycles. The summed E-state index contributed by atoms with van der Waals surface area (Å²) in [5.41, 5.74) is 2.26. The van der Waals surface area contributed by atoms with E-state index in [1.165, 1.54) is 30.6 Å². The van der Waals surface area contributed by atoms with Gasteiger partial charge in [-0.05, 0) is 50.9 Å². The molecule has 1 unspecified atom stereocenters. The van der Waals surface area contributed by atoms with Crippen molar-refractivity contribution in [2.24, 2.45) is 0 Å². The molecule has 1 aromatic carbocycles. The fourth-order valence-electron chi connectivity index (χ4n) is 3.54. The Bertz CT molecular complexity index is 611. The van der Waals surface area contributed by atoms with Crippen LogP contribution in [0.15, 0.2) is 18.2 Å². The van der Waals surface area contributed by atoms with Crippen LogP contribution in [-0.4, -0.2) is 16.1 Å². The van der Waals surface area contributed by atoms with Crippen molar-refractivity contribution >= 4 is 22.6 Å². The molecule has 0 aliphatic carbocycles. The van der Waals surface area contributed by atoms with Gasteiger partial charge in [0, 0.05) is 11.6 Å². The fourth-order valence-corrected chi connectivity index (χ4v) is 3.70. The third-order valence-electron chi connectivity index (χ3n) is 4.38. The molecule has 1 aliphatic heterocycles. The monoisotopic (exact) mass is 291 g/mol. The van der Waals surface area contributed by atoms with E-state index in [4.69, 9.17) is 16.6 Å². The third-order valence-corrected chi connectivity index (χ3v) is 4.61. The van der Waals surface area contributed by atoms with E-state index in [9.17, 15) is 0 Å². The number of nitrogens with one attached hydrogen (secondary N) is 1. The summed E-state index contributed by atoms with van der Waals surface area (Å²) in [7, 11) is 0. The topological polar surface area (TPSA) is 29.9 Å². The molecule has 0 bridgehead atoms. The minimum absolute atomic E-state index is 0.0518. The first-order valence-electron chi connectivity index (χ1n) is 7.61. The first kappa shape index (κ1) is 13.9. The maximum atomic E-state index is 6.11. The Hall–Kier alpha value is -1.06. The summed E-state index contributed by atoms with van der Waals surface area (Å²) < 4.78 is 2.35. The summed E-state index contributed by atoms with van der Waals surface area (Å²) in [6.07, 6.45) is 4.72. The minimum atomic E-state index is 0.0518. The molecule has 2 heterocycles. The lowest BCUT2D eigenvalue weighted by molar-refractivity contribution is 0.324. The Morgan fingerprint density at radius 1 is 1.40 bits per heavy atom. The van der Waals surface area contributed by atoms with Gasteiger partial charge in [-0.2, -0.15) is 0 Å². The molecule has 1 saturated heterocycles. The SMILES string of the molecule is CCCC1(c2nc3cc(Cl)ccc3n2CC)CCCN1. The highest BCUT2D eigenvalue weighted by Gasteiger charge is 2.38. The van der Waals surface area contributed by atoms with E-state index < -0.39 is 0 Å². The van der Waals surface area contributed by atoms with E-state index >= 15 is 0 Å². The lowest BCUT2D eigenvalue weighted by atomic mass is 9.91. The lowest BCUT2D eigenvalue weighted by Crippen LogP contribution is -2.39. The molecule has 1 atom stereocenters. The summed E-state index contributed by atoms with van der Waals surface area (Å²) in [4.78, 5) is 4.93. The summed E-state index contributed by atoms with van der Waals surface area (Å²) in [6.45, 7) is 6.47. The summed E-state index contributed by atoms with van der Waals surface area (Å²) in [5, 5.41) is 4.48. The molecule has 4 heteroatoms. The van der Waals surface area contributed by atoms with Gasteiger partial charge in [0.2, 0.25) is 0 Å². The van der Waals surface area contributed by atoms with Gasteiger partial charge in [-0.1, -0.05) is 24.9 Å². The largest absolute Gasteiger partial charge is 0.327 e. The van der Waals surface area contributed by atoms with Crippen LogP contribution >= 0.6 is 11.6 Å². The number of nitrogens with zero attached hydrogens (tertiary/aromatic N) is 2. The van der Waals surface area contributed by atoms with Crippen molar-refractivity contribution in [1.82, 2.24) is 14.9 Å². The van der Waals surface area contributed by atoms with Crippen molar-refractivity contribution in [2.45, 2.75) is 51.6 Å². The maximum Gasteiger partial charge on any atom is 0.130 e. The van der Waals surface area contributed by atoms with Crippen molar-refractivity contribution < 1.29 is 0 Å². The second kappa shape index (κ2) is 5.38. The summed E-state index contributed by atoms with van der Waals surface area (Å²) in [6, 6.07) is 6.02. The second-order valence-electron chi connectivity index (χ2n) is 5.68. The Morgan fingerprint density at radius 3 is 2.90 bits per heavy atom. The van der Waals surface area contributed by atoms with E-state index in [2.05, 4.69) is 29.8 Å². The second-order valence-corrected chi connectivity index (χ2v) is 6.11. The lowest BCUT2D eigenvalue weighted by Gasteiger charge is -2.29. The van der Waals surface area contributed by atoms with E-state index in [0.29, 0.717) is 0 Å². The van der Waals surface area contributed by atoms with Gasteiger partial charge < -0.3 is 9.88 Å². The van der Waals surface area contributed by atoms with Crippen molar-refractivity contribution in [3.8, 4) is 0 Å². The minimum Gasteiger partial charge on any atom is -0.327 e. The van der Waals surface area contributed by atoms with Crippen molar-refractivity contribution in [1.29, 1.82) is 0 Å². The third kappa shape index (κ3) is 2.13. The molecule has 1 fully saturated rings. The van der Waals surface area contributed by atoms with E-state index in [1.807, 2.05) is 12.1 Å². The standard InChI is InChI=1S/C16H22ClN3/c1-3-8-16(9-5-10-18-16)15-19-13-11-12(17)6-7-14(13)20(15)4-2/h6-7,11,18H,3-5,8-10H2,1-2H3. The Kier molecular flexibility index (Phi) is 3.74. The van der Waals surface area contributed by atoms with Gasteiger partial charge in [0.15, 0.2) is 0 Å². The molecular weight excluding hydrogens is 270 g/mol. The number of halogens is 1. The predicted octanol–water partition coefficient (Wildman–Crippen LogP) is 4.09. The Labute approximate surface area is 125 Å². The molecule has 108 valence electrons. The van der Waals surface area contributed by atoms with Gasteiger partial charge in [-0.15, -0.1) is 0 Å². The molecule has 1 N–H and O–H groups in total. The van der Waals surface area contributed by atoms with Gasteiger partial charge >= 0.3 is 0 Å². The highest BCUT2D eigenvalue weighted by molar-refractivity contribution is 6.31. The van der Waals surface area contributed by atoms with Gasteiger partial charge in [0.05, 0.1) is 16.6 Å². The van der Waals surface area contributed by atoms with E-state index in [1.54, 1.807) is 0 Å². The number of imidazole rings is 1. The predicted molar refractivity (Wildman–Crippen MR) is 84.2 cm³/mol. The highest BCUT2D eigenvalue weighted by atomic mass is 35.5. The normalized spacial score (nSPS) is 22.8. The van der Waals surface area contributed by atoms with Crippen LogP contribution in [0, 0.1) is 0 Å². The van der Waals surface area contributed by atoms with Gasteiger partial charge in [-0.3, -0.25) is 0 Å². The number of hydrogen-bond donors (Lipinski definition) is 1. The molecule has 1 aliphatic rings. The molecule has 0 spiro atoms. The van der Waals surface area contributed by atoms with Crippen LogP contribution in [0.3, 0.4) is 0 Å². The van der Waals surface area contributed by atoms with Gasteiger partial charge in [0.1, 0.15) is 5.82 Å². The molecule has 1 aromatic heterocycles. The van der Waals surface area contributed by atoms with Gasteiger partial charge in [-0.25, -0.2) is 4.98 Å². The molecule has 0 radical (unpaired) electrons. The Morgan fingerprint density at radius 2 is 2.25 bits per heavy atom. The summed E-state index contributed by atoms with van der Waals surface area (Å²) >= 11 is 6.11. The zero-order chi connectivity index (χ0) is 14.2. The zero-order valence-corrected chi connectivity index (χ0v) is 13.0. The first-order chi connectivity index (χ1) is 9.70. The van der Waals surface area contributed by atoms with Crippen LogP contribution < -0.4 is 5.32 Å². The van der Waals surface area contributed by atoms with Crippen LogP contribution in [0.2, 0.25) is 5.02 Å². The Balaban J connectivity index is 2.18. The van der Waals surface area contributed by atoms with Crippen LogP contribution in [0.25, 0.3) is 11.0 Å². The molecule has 0 amide bonds. The number of rotatable bonds is 4. The maximum absolute atomic E-state index is 6.11. The van der Waals surface area contributed by atoms with E-state index in [0.717, 1.165) is 30.0 Å². The van der Waals surface area contributed by atoms with Crippen molar-refractivity contribution in [3.63, 3.8) is 0 Å². The molecule has 3 rings (SSSR count). The number of aryl methyl sites for hydroxylation is 1. The smallest absolute Gasteiger partial charge is 0.130 e. The molecule has 20 heavy (non-hydrogen) atoms. The fraction of sp³-hybridized carbons (Fsp3) is 0.562. The van der Waals surface area contributed by atoms with Crippen molar-refractivity contribution in [2.75, 3.05) is 6.54 Å². The average Bonchev–Trinajstić information content (AvgIpc) is 3.03. The average molecular weight is 292 g/mol. The van der Waals surface area contributed by atoms with Crippen LogP contribution in [0.4, 0.5) is 0 Å². The van der Waals surface area contributed by atoms with Gasteiger partial charge in [0.25, 0.3) is 0 Å². The highest BCUT2D eigenvalue weighted by Crippen LogP contribution is 2.36. The van der Waals surface area contributed by atoms with Crippen LogP contribution in [0.1, 0.15) is 45.4 Å². The number of benzene rings is 1. The number of fused-ring (bicyclic) bond motifs is 1. The zero-order valence-electron chi connectivity index (χ0n) is 12.2. The summed E-state index contributed by atoms with van der Waals surface area (Å²) in [5.74, 6) is 1.19. The molecule has 2 aromatic rings.